The molecular weight excluding hydrogens is 472 g/mol. The molecule has 3 aromatic rings. The molecule has 0 unspecified atom stereocenters. The van der Waals surface area contributed by atoms with Gasteiger partial charge in [0.25, 0.3) is 15.9 Å². The number of methoxy groups -OCH3 is 2. The van der Waals surface area contributed by atoms with Gasteiger partial charge in [-0.3, -0.25) is 9.52 Å². The van der Waals surface area contributed by atoms with E-state index in [1.54, 1.807) is 54.6 Å². The number of ether oxygens (including phenoxy) is 2. The molecule has 1 amide bonds. The first-order valence-corrected chi connectivity index (χ1v) is 11.0. The standard InChI is InChI=1S/C21H19BrN2O5S/c1-28-19-11-6-14(12-20(19)29-2)21(25)23-17-4-3-5-18(13-17)30(26,27)24-16-9-7-15(22)8-10-16/h3-13,24H,1-2H3,(H,23,25). The largest absolute Gasteiger partial charge is 0.493 e. The van der Waals surface area contributed by atoms with Gasteiger partial charge < -0.3 is 14.8 Å². The van der Waals surface area contributed by atoms with Crippen LogP contribution in [0.1, 0.15) is 10.4 Å². The zero-order valence-electron chi connectivity index (χ0n) is 16.2. The minimum absolute atomic E-state index is 0.0236. The molecule has 0 saturated heterocycles. The van der Waals surface area contributed by atoms with Crippen LogP contribution >= 0.6 is 15.9 Å². The number of anilines is 2. The lowest BCUT2D eigenvalue weighted by Gasteiger charge is -2.12. The zero-order valence-corrected chi connectivity index (χ0v) is 18.6. The second kappa shape index (κ2) is 9.19. The van der Waals surface area contributed by atoms with Crippen molar-refractivity contribution in [1.82, 2.24) is 0 Å². The molecule has 0 atom stereocenters. The van der Waals surface area contributed by atoms with Crippen LogP contribution in [-0.4, -0.2) is 28.5 Å². The molecule has 7 nitrogen and oxygen atoms in total. The zero-order chi connectivity index (χ0) is 21.7. The molecule has 3 aromatic carbocycles. The van der Waals surface area contributed by atoms with Crippen molar-refractivity contribution < 1.29 is 22.7 Å². The van der Waals surface area contributed by atoms with E-state index in [1.807, 2.05) is 0 Å². The van der Waals surface area contributed by atoms with Crippen molar-refractivity contribution in [2.24, 2.45) is 0 Å². The Kier molecular flexibility index (Phi) is 6.63. The maximum atomic E-state index is 12.7. The van der Waals surface area contributed by atoms with Crippen LogP contribution in [0.25, 0.3) is 0 Å². The monoisotopic (exact) mass is 490 g/mol. The van der Waals surface area contributed by atoms with E-state index in [4.69, 9.17) is 9.47 Å². The maximum Gasteiger partial charge on any atom is 0.261 e. The lowest BCUT2D eigenvalue weighted by molar-refractivity contribution is 0.102. The van der Waals surface area contributed by atoms with E-state index in [1.165, 1.54) is 26.4 Å². The summed E-state index contributed by atoms with van der Waals surface area (Å²) in [6.45, 7) is 0. The van der Waals surface area contributed by atoms with Crippen molar-refractivity contribution in [1.29, 1.82) is 0 Å². The van der Waals surface area contributed by atoms with Gasteiger partial charge in [-0.1, -0.05) is 22.0 Å². The number of benzene rings is 3. The van der Waals surface area contributed by atoms with Crippen LogP contribution in [0.5, 0.6) is 11.5 Å². The van der Waals surface area contributed by atoms with E-state index in [-0.39, 0.29) is 4.90 Å². The number of amides is 1. The highest BCUT2D eigenvalue weighted by molar-refractivity contribution is 9.10. The van der Waals surface area contributed by atoms with Crippen molar-refractivity contribution in [3.63, 3.8) is 0 Å². The average molecular weight is 491 g/mol. The van der Waals surface area contributed by atoms with E-state index in [9.17, 15) is 13.2 Å². The van der Waals surface area contributed by atoms with Crippen molar-refractivity contribution in [2.45, 2.75) is 4.90 Å². The molecule has 0 aliphatic heterocycles. The van der Waals surface area contributed by atoms with E-state index in [2.05, 4.69) is 26.0 Å². The molecule has 0 fully saturated rings. The van der Waals surface area contributed by atoms with Gasteiger partial charge >= 0.3 is 0 Å². The molecule has 0 radical (unpaired) electrons. The predicted octanol–water partition coefficient (Wildman–Crippen LogP) is 4.52. The number of carbonyl (C=O) groups excluding carboxylic acids is 1. The number of halogens is 1. The van der Waals surface area contributed by atoms with Gasteiger partial charge in [0, 0.05) is 21.4 Å². The summed E-state index contributed by atoms with van der Waals surface area (Å²) in [5, 5.41) is 2.70. The summed E-state index contributed by atoms with van der Waals surface area (Å²) in [5.41, 5.74) is 1.11. The Morgan fingerprint density at radius 1 is 0.867 bits per heavy atom. The molecule has 0 aromatic heterocycles. The van der Waals surface area contributed by atoms with Gasteiger partial charge in [0.1, 0.15) is 0 Å². The summed E-state index contributed by atoms with van der Waals surface area (Å²) in [6, 6.07) is 17.5. The molecule has 0 spiro atoms. The molecule has 3 rings (SSSR count). The van der Waals surface area contributed by atoms with Crippen molar-refractivity contribution in [3.05, 3.63) is 76.8 Å². The van der Waals surface area contributed by atoms with Gasteiger partial charge in [0.15, 0.2) is 11.5 Å². The van der Waals surface area contributed by atoms with Crippen LogP contribution < -0.4 is 19.5 Å². The molecule has 0 saturated carbocycles. The normalized spacial score (nSPS) is 10.9. The van der Waals surface area contributed by atoms with E-state index in [0.29, 0.717) is 28.4 Å². The molecule has 0 aliphatic rings. The highest BCUT2D eigenvalue weighted by Gasteiger charge is 2.16. The van der Waals surface area contributed by atoms with E-state index < -0.39 is 15.9 Å². The molecular formula is C21H19BrN2O5S. The second-order valence-electron chi connectivity index (χ2n) is 6.16. The van der Waals surface area contributed by atoms with E-state index in [0.717, 1.165) is 4.47 Å². The first kappa shape index (κ1) is 21.7. The predicted molar refractivity (Wildman–Crippen MR) is 119 cm³/mol. The minimum Gasteiger partial charge on any atom is -0.493 e. The van der Waals surface area contributed by atoms with Crippen molar-refractivity contribution in [2.75, 3.05) is 24.3 Å². The summed E-state index contributed by atoms with van der Waals surface area (Å²) < 4.78 is 39.1. The molecule has 0 bridgehead atoms. The Hall–Kier alpha value is -3.04. The lowest BCUT2D eigenvalue weighted by atomic mass is 10.2. The molecule has 2 N–H and O–H groups in total. The highest BCUT2D eigenvalue weighted by Crippen LogP contribution is 2.28. The van der Waals surface area contributed by atoms with Gasteiger partial charge in [-0.15, -0.1) is 0 Å². The first-order valence-electron chi connectivity index (χ1n) is 8.74. The third-order valence-electron chi connectivity index (χ3n) is 4.14. The number of nitrogens with one attached hydrogen (secondary N) is 2. The van der Waals surface area contributed by atoms with Crippen LogP contribution in [0.15, 0.2) is 76.1 Å². The fourth-order valence-electron chi connectivity index (χ4n) is 2.65. The smallest absolute Gasteiger partial charge is 0.261 e. The molecule has 30 heavy (non-hydrogen) atoms. The summed E-state index contributed by atoms with van der Waals surface area (Å²) in [4.78, 5) is 12.6. The van der Waals surface area contributed by atoms with Crippen LogP contribution in [0.3, 0.4) is 0 Å². The van der Waals surface area contributed by atoms with Gasteiger partial charge in [-0.25, -0.2) is 8.42 Å². The second-order valence-corrected chi connectivity index (χ2v) is 8.76. The summed E-state index contributed by atoms with van der Waals surface area (Å²) in [6.07, 6.45) is 0. The Morgan fingerprint density at radius 3 is 2.23 bits per heavy atom. The molecule has 156 valence electrons. The lowest BCUT2D eigenvalue weighted by Crippen LogP contribution is -2.15. The Labute approximate surface area is 183 Å². The van der Waals surface area contributed by atoms with Gasteiger partial charge in [-0.05, 0) is 60.7 Å². The Morgan fingerprint density at radius 2 is 1.57 bits per heavy atom. The number of carbonyl (C=O) groups is 1. The Bertz CT molecular complexity index is 1160. The van der Waals surface area contributed by atoms with Crippen LogP contribution in [0.4, 0.5) is 11.4 Å². The van der Waals surface area contributed by atoms with Crippen LogP contribution in [0, 0.1) is 0 Å². The van der Waals surface area contributed by atoms with E-state index >= 15 is 0 Å². The fraction of sp³-hybridized carbons (Fsp3) is 0.0952. The quantitative estimate of drug-likeness (QED) is 0.507. The highest BCUT2D eigenvalue weighted by atomic mass is 79.9. The SMILES string of the molecule is COc1ccc(C(=O)Nc2cccc(S(=O)(=O)Nc3ccc(Br)cc3)c2)cc1OC. The van der Waals surface area contributed by atoms with Gasteiger partial charge in [0.05, 0.1) is 19.1 Å². The fourth-order valence-corrected chi connectivity index (χ4v) is 4.02. The summed E-state index contributed by atoms with van der Waals surface area (Å²) >= 11 is 3.31. The molecule has 0 aliphatic carbocycles. The average Bonchev–Trinajstić information content (AvgIpc) is 2.75. The molecule has 9 heteroatoms. The third-order valence-corrected chi connectivity index (χ3v) is 6.05. The number of sulfonamides is 1. The topological polar surface area (TPSA) is 93.7 Å². The first-order chi connectivity index (χ1) is 14.3. The van der Waals surface area contributed by atoms with Crippen molar-refractivity contribution >= 4 is 43.2 Å². The van der Waals surface area contributed by atoms with Crippen LogP contribution in [0.2, 0.25) is 0 Å². The summed E-state index contributed by atoms with van der Waals surface area (Å²) in [5.74, 6) is 0.507. The van der Waals surface area contributed by atoms with Crippen molar-refractivity contribution in [3.8, 4) is 11.5 Å². The number of hydrogen-bond donors (Lipinski definition) is 2. The number of rotatable bonds is 7. The van der Waals surface area contributed by atoms with Gasteiger partial charge in [-0.2, -0.15) is 0 Å². The third kappa shape index (κ3) is 5.11. The molecule has 0 heterocycles. The minimum atomic E-state index is -3.82. The van der Waals surface area contributed by atoms with Gasteiger partial charge in [0.2, 0.25) is 0 Å². The van der Waals surface area contributed by atoms with Crippen LogP contribution in [-0.2, 0) is 10.0 Å². The number of hydrogen-bond acceptors (Lipinski definition) is 5. The maximum absolute atomic E-state index is 12.7. The summed E-state index contributed by atoms with van der Waals surface area (Å²) in [7, 11) is -0.838. The Balaban J connectivity index is 1.79.